The van der Waals surface area contributed by atoms with Crippen molar-refractivity contribution in [1.82, 2.24) is 10.2 Å². The lowest BCUT2D eigenvalue weighted by Crippen LogP contribution is -2.48. The molecule has 0 radical (unpaired) electrons. The Labute approximate surface area is 129 Å². The van der Waals surface area contributed by atoms with Gasteiger partial charge in [-0.1, -0.05) is 13.3 Å². The summed E-state index contributed by atoms with van der Waals surface area (Å²) in [5.74, 6) is 0.501. The van der Waals surface area contributed by atoms with E-state index in [0.29, 0.717) is 12.0 Å². The van der Waals surface area contributed by atoms with E-state index in [2.05, 4.69) is 30.3 Å². The zero-order valence-corrected chi connectivity index (χ0v) is 13.7. The molecule has 21 heavy (non-hydrogen) atoms. The summed E-state index contributed by atoms with van der Waals surface area (Å²) in [5, 5.41) is 13.2. The quantitative estimate of drug-likeness (QED) is 0.747. The lowest BCUT2D eigenvalue weighted by atomic mass is 9.85. The molecule has 0 bridgehead atoms. The molecule has 1 saturated heterocycles. The van der Waals surface area contributed by atoms with Gasteiger partial charge in [0.05, 0.1) is 12.2 Å². The van der Waals surface area contributed by atoms with Gasteiger partial charge in [0, 0.05) is 13.2 Å². The number of likely N-dealkylation sites (N-methyl/N-ethyl adjacent to an activating group) is 1. The number of ether oxygens (including phenoxy) is 1. The Kier molecular flexibility index (Phi) is 6.47. The Bertz CT molecular complexity index is 348. The molecule has 120 valence electrons. The first-order chi connectivity index (χ1) is 10.2. The Hall–Kier alpha value is -0.630. The van der Waals surface area contributed by atoms with E-state index in [0.717, 1.165) is 45.5 Å². The van der Waals surface area contributed by atoms with E-state index in [1.54, 1.807) is 0 Å². The zero-order chi connectivity index (χ0) is 15.1. The average Bonchev–Trinajstić information content (AvgIpc) is 3.13. The van der Waals surface area contributed by atoms with Gasteiger partial charge in [-0.15, -0.1) is 0 Å². The van der Waals surface area contributed by atoms with Crippen molar-refractivity contribution in [3.8, 4) is 6.07 Å². The van der Waals surface area contributed by atoms with Crippen LogP contribution >= 0.6 is 0 Å². The maximum atomic E-state index is 9.66. The van der Waals surface area contributed by atoms with Gasteiger partial charge in [0.25, 0.3) is 0 Å². The van der Waals surface area contributed by atoms with Crippen molar-refractivity contribution in [3.63, 3.8) is 0 Å². The molecule has 1 heterocycles. The van der Waals surface area contributed by atoms with Crippen LogP contribution in [-0.4, -0.2) is 49.8 Å². The molecule has 2 aliphatic rings. The molecule has 2 fully saturated rings. The number of hydrogen-bond donors (Lipinski definition) is 1. The highest BCUT2D eigenvalue weighted by atomic mass is 16.5. The van der Waals surface area contributed by atoms with E-state index in [1.807, 2.05) is 0 Å². The molecular formula is C17H31N3O. The van der Waals surface area contributed by atoms with E-state index in [4.69, 9.17) is 4.74 Å². The van der Waals surface area contributed by atoms with Crippen LogP contribution in [0.4, 0.5) is 0 Å². The molecule has 0 aromatic rings. The van der Waals surface area contributed by atoms with E-state index >= 15 is 0 Å². The monoisotopic (exact) mass is 293 g/mol. The second-order valence-corrected chi connectivity index (χ2v) is 6.79. The number of nitrogens with zero attached hydrogens (tertiary/aromatic N) is 2. The van der Waals surface area contributed by atoms with Crippen molar-refractivity contribution in [2.45, 2.75) is 63.5 Å². The van der Waals surface area contributed by atoms with Crippen LogP contribution in [0.25, 0.3) is 0 Å². The third kappa shape index (κ3) is 4.42. The van der Waals surface area contributed by atoms with Crippen LogP contribution in [-0.2, 0) is 4.74 Å². The number of rotatable bonds is 8. The molecule has 0 spiro atoms. The molecule has 3 unspecified atom stereocenters. The van der Waals surface area contributed by atoms with Crippen molar-refractivity contribution in [3.05, 3.63) is 0 Å². The first-order valence-corrected chi connectivity index (χ1v) is 8.66. The van der Waals surface area contributed by atoms with E-state index in [1.165, 1.54) is 25.7 Å². The van der Waals surface area contributed by atoms with E-state index < -0.39 is 0 Å². The summed E-state index contributed by atoms with van der Waals surface area (Å²) < 4.78 is 5.70. The van der Waals surface area contributed by atoms with Gasteiger partial charge in [0.1, 0.15) is 5.54 Å². The maximum Gasteiger partial charge on any atom is 0.109 e. The van der Waals surface area contributed by atoms with Crippen LogP contribution in [0.3, 0.4) is 0 Å². The predicted octanol–water partition coefficient (Wildman–Crippen LogP) is 2.55. The first-order valence-electron chi connectivity index (χ1n) is 8.66. The van der Waals surface area contributed by atoms with Crippen LogP contribution in [0.15, 0.2) is 0 Å². The second kappa shape index (κ2) is 8.12. The summed E-state index contributed by atoms with van der Waals surface area (Å²) in [4.78, 5) is 2.39. The summed E-state index contributed by atoms with van der Waals surface area (Å²) in [6.07, 6.45) is 8.44. The summed E-state index contributed by atoms with van der Waals surface area (Å²) in [6.45, 7) is 6.16. The molecule has 0 aromatic carbocycles. The molecule has 4 heteroatoms. The van der Waals surface area contributed by atoms with Crippen molar-refractivity contribution in [2.24, 2.45) is 5.92 Å². The summed E-state index contributed by atoms with van der Waals surface area (Å²) in [7, 11) is 2.18. The minimum Gasteiger partial charge on any atom is -0.377 e. The average molecular weight is 293 g/mol. The minimum absolute atomic E-state index is 0.263. The predicted molar refractivity (Wildman–Crippen MR) is 85.1 cm³/mol. The molecule has 1 saturated carbocycles. The molecule has 3 atom stereocenters. The van der Waals surface area contributed by atoms with Gasteiger partial charge in [0.15, 0.2) is 0 Å². The van der Waals surface area contributed by atoms with Gasteiger partial charge in [-0.05, 0) is 64.6 Å². The van der Waals surface area contributed by atoms with Gasteiger partial charge >= 0.3 is 0 Å². The SMILES string of the molecule is CCCNC1(C#N)CCCC1CCN(C)CC1CCCO1. The molecule has 1 N–H and O–H groups in total. The zero-order valence-electron chi connectivity index (χ0n) is 13.7. The highest BCUT2D eigenvalue weighted by Gasteiger charge is 2.42. The largest absolute Gasteiger partial charge is 0.377 e. The molecule has 0 amide bonds. The Morgan fingerprint density at radius 1 is 1.38 bits per heavy atom. The van der Waals surface area contributed by atoms with E-state index in [-0.39, 0.29) is 5.54 Å². The van der Waals surface area contributed by atoms with Crippen molar-refractivity contribution < 1.29 is 4.74 Å². The standard InChI is InChI=1S/C17H31N3O/c1-3-10-19-17(14-18)9-4-6-15(17)8-11-20(2)13-16-7-5-12-21-16/h15-16,19H,3-13H2,1-2H3. The molecule has 2 rings (SSSR count). The van der Waals surface area contributed by atoms with E-state index in [9.17, 15) is 5.26 Å². The molecule has 0 aromatic heterocycles. The van der Waals surface area contributed by atoms with Gasteiger partial charge in [0.2, 0.25) is 0 Å². The molecule has 1 aliphatic carbocycles. The van der Waals surface area contributed by atoms with Gasteiger partial charge in [-0.3, -0.25) is 5.32 Å². The van der Waals surface area contributed by atoms with Crippen LogP contribution in [0.2, 0.25) is 0 Å². The Morgan fingerprint density at radius 2 is 2.24 bits per heavy atom. The fraction of sp³-hybridized carbons (Fsp3) is 0.941. The summed E-state index contributed by atoms with van der Waals surface area (Å²) in [6, 6.07) is 2.60. The molecular weight excluding hydrogens is 262 g/mol. The highest BCUT2D eigenvalue weighted by Crippen LogP contribution is 2.37. The number of nitrogens with one attached hydrogen (secondary N) is 1. The van der Waals surface area contributed by atoms with Crippen molar-refractivity contribution in [1.29, 1.82) is 5.26 Å². The fourth-order valence-corrected chi connectivity index (χ4v) is 3.84. The van der Waals surface area contributed by atoms with Gasteiger partial charge in [-0.2, -0.15) is 5.26 Å². The van der Waals surface area contributed by atoms with Crippen LogP contribution in [0, 0.1) is 17.2 Å². The smallest absolute Gasteiger partial charge is 0.109 e. The first kappa shape index (κ1) is 16.7. The van der Waals surface area contributed by atoms with Crippen molar-refractivity contribution >= 4 is 0 Å². The minimum atomic E-state index is -0.263. The van der Waals surface area contributed by atoms with Gasteiger partial charge in [-0.25, -0.2) is 0 Å². The third-order valence-corrected chi connectivity index (χ3v) is 5.11. The Balaban J connectivity index is 1.78. The van der Waals surface area contributed by atoms with Crippen LogP contribution in [0.5, 0.6) is 0 Å². The van der Waals surface area contributed by atoms with Crippen molar-refractivity contribution in [2.75, 3.05) is 33.3 Å². The Morgan fingerprint density at radius 3 is 2.90 bits per heavy atom. The van der Waals surface area contributed by atoms with Crippen LogP contribution in [0.1, 0.15) is 51.9 Å². The maximum absolute atomic E-state index is 9.66. The third-order valence-electron chi connectivity index (χ3n) is 5.11. The molecule has 4 nitrogen and oxygen atoms in total. The summed E-state index contributed by atoms with van der Waals surface area (Å²) in [5.41, 5.74) is -0.263. The topological polar surface area (TPSA) is 48.3 Å². The summed E-state index contributed by atoms with van der Waals surface area (Å²) >= 11 is 0. The van der Waals surface area contributed by atoms with Gasteiger partial charge < -0.3 is 9.64 Å². The second-order valence-electron chi connectivity index (χ2n) is 6.79. The fourth-order valence-electron chi connectivity index (χ4n) is 3.84. The lowest BCUT2D eigenvalue weighted by molar-refractivity contribution is 0.0787. The lowest BCUT2D eigenvalue weighted by Gasteiger charge is -2.31. The molecule has 1 aliphatic heterocycles. The number of hydrogen-bond acceptors (Lipinski definition) is 4. The highest BCUT2D eigenvalue weighted by molar-refractivity contribution is 5.14. The normalized spacial score (nSPS) is 32.7. The number of nitriles is 1. The van der Waals surface area contributed by atoms with Crippen LogP contribution < -0.4 is 5.32 Å².